The van der Waals surface area contributed by atoms with Crippen LogP contribution in [0.5, 0.6) is 0 Å². The summed E-state index contributed by atoms with van der Waals surface area (Å²) < 4.78 is 1.76. The predicted molar refractivity (Wildman–Crippen MR) is 123 cm³/mol. The summed E-state index contributed by atoms with van der Waals surface area (Å²) in [7, 11) is 0. The number of aryl methyl sites for hydroxylation is 1. The highest BCUT2D eigenvalue weighted by Gasteiger charge is 2.41. The summed E-state index contributed by atoms with van der Waals surface area (Å²) in [6.07, 6.45) is 0. The smallest absolute Gasteiger partial charge is 0.251 e. The second-order valence-corrected chi connectivity index (χ2v) is 7.79. The van der Waals surface area contributed by atoms with Crippen molar-refractivity contribution in [2.24, 2.45) is 0 Å². The third-order valence-corrected chi connectivity index (χ3v) is 5.76. The second-order valence-electron chi connectivity index (χ2n) is 7.79. The van der Waals surface area contributed by atoms with Gasteiger partial charge in [-0.2, -0.15) is 5.10 Å². The Morgan fingerprint density at radius 2 is 1.50 bits per heavy atom. The summed E-state index contributed by atoms with van der Waals surface area (Å²) in [6.45, 7) is 1.93. The molecule has 2 amide bonds. The Morgan fingerprint density at radius 1 is 0.906 bits per heavy atom. The lowest BCUT2D eigenvalue weighted by molar-refractivity contribution is -0.118. The average Bonchev–Trinajstić information content (AvgIpc) is 3.16. The number of benzene rings is 3. The van der Waals surface area contributed by atoms with Crippen LogP contribution in [0.3, 0.4) is 0 Å². The maximum absolute atomic E-state index is 13.3. The minimum atomic E-state index is -0.773. The number of hydrogen-bond donors (Lipinski definition) is 2. The SMILES string of the molecule is Cc1nn(-c2ccccc2)c2c1[C@H](c1ccccc1)[C@@H](NC(=O)c1ccccc1)C(=O)N2. The van der Waals surface area contributed by atoms with Gasteiger partial charge in [0.15, 0.2) is 0 Å². The summed E-state index contributed by atoms with van der Waals surface area (Å²) in [4.78, 5) is 26.3. The van der Waals surface area contributed by atoms with Gasteiger partial charge in [0.1, 0.15) is 11.9 Å². The maximum Gasteiger partial charge on any atom is 0.251 e. The molecule has 0 aliphatic carbocycles. The largest absolute Gasteiger partial charge is 0.339 e. The normalized spacial score (nSPS) is 17.3. The molecule has 4 aromatic rings. The first kappa shape index (κ1) is 19.8. The molecule has 6 heteroatoms. The minimum absolute atomic E-state index is 0.271. The number of amides is 2. The highest BCUT2D eigenvalue weighted by Crippen LogP contribution is 2.40. The third-order valence-electron chi connectivity index (χ3n) is 5.76. The van der Waals surface area contributed by atoms with Crippen LogP contribution in [0, 0.1) is 6.92 Å². The lowest BCUT2D eigenvalue weighted by atomic mass is 9.82. The molecule has 2 atom stereocenters. The van der Waals surface area contributed by atoms with Crippen molar-refractivity contribution in [3.8, 4) is 5.69 Å². The van der Waals surface area contributed by atoms with Crippen molar-refractivity contribution in [1.82, 2.24) is 15.1 Å². The van der Waals surface area contributed by atoms with E-state index in [2.05, 4.69) is 10.6 Å². The topological polar surface area (TPSA) is 76.0 Å². The number of rotatable bonds is 4. The monoisotopic (exact) mass is 422 g/mol. The number of para-hydroxylation sites is 1. The van der Waals surface area contributed by atoms with Crippen molar-refractivity contribution in [2.45, 2.75) is 18.9 Å². The molecule has 32 heavy (non-hydrogen) atoms. The summed E-state index contributed by atoms with van der Waals surface area (Å²) in [5.41, 5.74) is 4.01. The molecule has 0 bridgehead atoms. The highest BCUT2D eigenvalue weighted by atomic mass is 16.2. The van der Waals surface area contributed by atoms with E-state index in [0.29, 0.717) is 11.4 Å². The molecule has 3 aromatic carbocycles. The van der Waals surface area contributed by atoms with Gasteiger partial charge in [-0.25, -0.2) is 4.68 Å². The van der Waals surface area contributed by atoms with Gasteiger partial charge in [-0.05, 0) is 36.8 Å². The first-order chi connectivity index (χ1) is 15.6. The lowest BCUT2D eigenvalue weighted by Crippen LogP contribution is -2.50. The fraction of sp³-hybridized carbons (Fsp3) is 0.115. The fourth-order valence-corrected chi connectivity index (χ4v) is 4.28. The highest BCUT2D eigenvalue weighted by molar-refractivity contribution is 6.04. The summed E-state index contributed by atoms with van der Waals surface area (Å²) in [5, 5.41) is 10.7. The zero-order valence-corrected chi connectivity index (χ0v) is 17.5. The molecule has 0 fully saturated rings. The van der Waals surface area contributed by atoms with Crippen LogP contribution in [-0.2, 0) is 4.79 Å². The predicted octanol–water partition coefficient (Wildman–Crippen LogP) is 4.06. The molecule has 0 saturated carbocycles. The van der Waals surface area contributed by atoms with Crippen LogP contribution in [0.4, 0.5) is 5.82 Å². The second kappa shape index (κ2) is 8.15. The first-order valence-electron chi connectivity index (χ1n) is 10.5. The van der Waals surface area contributed by atoms with Gasteiger partial charge >= 0.3 is 0 Å². The summed E-state index contributed by atoms with van der Waals surface area (Å²) >= 11 is 0. The number of nitrogens with zero attached hydrogens (tertiary/aromatic N) is 2. The molecule has 0 unspecified atom stereocenters. The minimum Gasteiger partial charge on any atom is -0.339 e. The van der Waals surface area contributed by atoms with Crippen LogP contribution in [0.25, 0.3) is 5.69 Å². The molecule has 2 heterocycles. The number of hydrogen-bond acceptors (Lipinski definition) is 3. The summed E-state index contributed by atoms with van der Waals surface area (Å²) in [6, 6.07) is 27.6. The van der Waals surface area contributed by atoms with Crippen molar-refractivity contribution in [1.29, 1.82) is 0 Å². The van der Waals surface area contributed by atoms with Crippen LogP contribution < -0.4 is 10.6 Å². The van der Waals surface area contributed by atoms with E-state index >= 15 is 0 Å². The van der Waals surface area contributed by atoms with Gasteiger partial charge in [0.25, 0.3) is 5.91 Å². The maximum atomic E-state index is 13.3. The standard InChI is InChI=1S/C26H22N4O2/c1-17-21-22(18-11-5-2-6-12-18)23(27-25(31)19-13-7-3-8-14-19)26(32)28-24(21)30(29-17)20-15-9-4-10-16-20/h2-16,22-23H,1H3,(H,27,31)(H,28,32)/t22-,23+/m0/s1. The van der Waals surface area contributed by atoms with E-state index in [1.165, 1.54) is 0 Å². The van der Waals surface area contributed by atoms with Crippen molar-refractivity contribution in [2.75, 3.05) is 5.32 Å². The molecule has 1 aliphatic heterocycles. The molecule has 0 saturated heterocycles. The van der Waals surface area contributed by atoms with E-state index in [9.17, 15) is 9.59 Å². The van der Waals surface area contributed by atoms with Crippen molar-refractivity contribution in [3.05, 3.63) is 113 Å². The zero-order valence-electron chi connectivity index (χ0n) is 17.5. The Balaban J connectivity index is 1.62. The van der Waals surface area contributed by atoms with E-state index in [1.807, 2.05) is 73.7 Å². The van der Waals surface area contributed by atoms with E-state index in [4.69, 9.17) is 5.10 Å². The average molecular weight is 422 g/mol. The molecule has 0 radical (unpaired) electrons. The van der Waals surface area contributed by atoms with Crippen LogP contribution in [0.15, 0.2) is 91.0 Å². The first-order valence-corrected chi connectivity index (χ1v) is 10.5. The van der Waals surface area contributed by atoms with Gasteiger partial charge in [-0.3, -0.25) is 9.59 Å². The Kier molecular flexibility index (Phi) is 5.03. The van der Waals surface area contributed by atoms with Crippen molar-refractivity contribution in [3.63, 3.8) is 0 Å². The lowest BCUT2D eigenvalue weighted by Gasteiger charge is -2.32. The molecule has 1 aromatic heterocycles. The number of fused-ring (bicyclic) bond motifs is 1. The van der Waals surface area contributed by atoms with Crippen LogP contribution >= 0.6 is 0 Å². The van der Waals surface area contributed by atoms with Gasteiger partial charge in [-0.15, -0.1) is 0 Å². The van der Waals surface area contributed by atoms with Crippen LogP contribution in [0.1, 0.15) is 33.1 Å². The molecule has 0 spiro atoms. The van der Waals surface area contributed by atoms with Crippen LogP contribution in [-0.4, -0.2) is 27.6 Å². The number of anilines is 1. The molecule has 158 valence electrons. The molecular weight excluding hydrogens is 400 g/mol. The van der Waals surface area contributed by atoms with Gasteiger partial charge in [0.2, 0.25) is 5.91 Å². The van der Waals surface area contributed by atoms with Gasteiger partial charge in [0, 0.05) is 17.0 Å². The van der Waals surface area contributed by atoms with E-state index in [0.717, 1.165) is 22.5 Å². The molecule has 2 N–H and O–H groups in total. The van der Waals surface area contributed by atoms with Gasteiger partial charge in [0.05, 0.1) is 11.4 Å². The number of nitrogens with one attached hydrogen (secondary N) is 2. The van der Waals surface area contributed by atoms with Crippen molar-refractivity contribution < 1.29 is 9.59 Å². The molecule has 6 nitrogen and oxygen atoms in total. The van der Waals surface area contributed by atoms with Gasteiger partial charge < -0.3 is 10.6 Å². The van der Waals surface area contributed by atoms with E-state index in [1.54, 1.807) is 28.9 Å². The number of carbonyl (C=O) groups excluding carboxylic acids is 2. The molecular formula is C26H22N4O2. The zero-order chi connectivity index (χ0) is 22.1. The molecule has 5 rings (SSSR count). The molecule has 1 aliphatic rings. The third kappa shape index (κ3) is 3.46. The Morgan fingerprint density at radius 3 is 2.16 bits per heavy atom. The Labute approximate surface area is 185 Å². The van der Waals surface area contributed by atoms with Crippen molar-refractivity contribution >= 4 is 17.6 Å². The number of carbonyl (C=O) groups is 2. The Bertz CT molecular complexity index is 1270. The Hall–Kier alpha value is -4.19. The fourth-order valence-electron chi connectivity index (χ4n) is 4.28. The van der Waals surface area contributed by atoms with Gasteiger partial charge in [-0.1, -0.05) is 66.7 Å². The summed E-state index contributed by atoms with van der Waals surface area (Å²) in [5.74, 6) is -0.293. The van der Waals surface area contributed by atoms with E-state index in [-0.39, 0.29) is 17.7 Å². The quantitative estimate of drug-likeness (QED) is 0.521. The number of aromatic nitrogens is 2. The van der Waals surface area contributed by atoms with Crippen LogP contribution in [0.2, 0.25) is 0 Å². The van der Waals surface area contributed by atoms with E-state index < -0.39 is 6.04 Å².